The van der Waals surface area contributed by atoms with E-state index in [9.17, 15) is 4.79 Å². The van der Waals surface area contributed by atoms with Crippen molar-refractivity contribution >= 4 is 19.2 Å². The largest absolute Gasteiger partial charge is 0.457 e. The van der Waals surface area contributed by atoms with Crippen LogP contribution < -0.4 is 5.19 Å². The summed E-state index contributed by atoms with van der Waals surface area (Å²) in [4.78, 5) is 12.1. The second-order valence-electron chi connectivity index (χ2n) is 10.9. The summed E-state index contributed by atoms with van der Waals surface area (Å²) < 4.78 is 5.63. The van der Waals surface area contributed by atoms with Crippen molar-refractivity contribution in [2.45, 2.75) is 116 Å². The van der Waals surface area contributed by atoms with E-state index in [1.54, 1.807) is 6.92 Å². The van der Waals surface area contributed by atoms with E-state index in [0.717, 1.165) is 25.2 Å². The number of unbranched alkanes of at least 4 members (excludes halogenated alkanes) is 4. The summed E-state index contributed by atoms with van der Waals surface area (Å²) in [5.41, 5.74) is 3.08. The van der Waals surface area contributed by atoms with Crippen LogP contribution in [0.4, 0.5) is 0 Å². The summed E-state index contributed by atoms with van der Waals surface area (Å²) in [6.07, 6.45) is 13.8. The lowest BCUT2D eigenvalue weighted by atomic mass is 9.77. The first-order chi connectivity index (χ1) is 15.8. The fraction of sp³-hybridized carbons (Fsp3) is 0.690. The van der Waals surface area contributed by atoms with Gasteiger partial charge in [-0.1, -0.05) is 94.6 Å². The minimum atomic E-state index is -1.67. The Bertz CT molecular complexity index is 747. The minimum absolute atomic E-state index is 0.277. The number of rotatable bonds is 14. The third kappa shape index (κ3) is 9.05. The van der Waals surface area contributed by atoms with Crippen molar-refractivity contribution in [1.82, 2.24) is 0 Å². The highest BCUT2D eigenvalue weighted by atomic mass is 28.3. The molecule has 0 heterocycles. The zero-order chi connectivity index (χ0) is 24.3. The maximum atomic E-state index is 12.1. The lowest BCUT2D eigenvalue weighted by Gasteiger charge is -2.31. The minimum Gasteiger partial charge on any atom is -0.457 e. The molecular formula is C29H48O3Si. The molecule has 1 fully saturated rings. The zero-order valence-corrected chi connectivity index (χ0v) is 22.8. The summed E-state index contributed by atoms with van der Waals surface area (Å²) in [6.45, 7) is 13.2. The van der Waals surface area contributed by atoms with E-state index >= 15 is 0 Å². The van der Waals surface area contributed by atoms with Gasteiger partial charge in [0.2, 0.25) is 0 Å². The molecule has 1 aromatic carbocycles. The summed E-state index contributed by atoms with van der Waals surface area (Å²) in [7, 11) is -1.67. The van der Waals surface area contributed by atoms with Crippen molar-refractivity contribution in [2.75, 3.05) is 6.61 Å². The second kappa shape index (κ2) is 14.1. The molecule has 0 saturated heterocycles. The van der Waals surface area contributed by atoms with E-state index in [1.807, 2.05) is 0 Å². The number of aliphatic hydroxyl groups excluding tert-OH is 1. The van der Waals surface area contributed by atoms with Crippen molar-refractivity contribution in [3.63, 3.8) is 0 Å². The van der Waals surface area contributed by atoms with Gasteiger partial charge in [0.05, 0.1) is 8.07 Å². The molecule has 0 amide bonds. The summed E-state index contributed by atoms with van der Waals surface area (Å²) in [6, 6.07) is 8.26. The van der Waals surface area contributed by atoms with Crippen LogP contribution in [0.5, 0.6) is 0 Å². The number of esters is 1. The Balaban J connectivity index is 2.13. The van der Waals surface area contributed by atoms with E-state index in [1.165, 1.54) is 73.7 Å². The van der Waals surface area contributed by atoms with Gasteiger partial charge < -0.3 is 9.84 Å². The van der Waals surface area contributed by atoms with Crippen LogP contribution in [0.15, 0.2) is 30.4 Å². The fourth-order valence-corrected chi connectivity index (χ4v) is 8.32. The Morgan fingerprint density at radius 3 is 2.45 bits per heavy atom. The molecule has 0 atom stereocenters. The third-order valence-corrected chi connectivity index (χ3v) is 11.1. The van der Waals surface area contributed by atoms with Crippen LogP contribution >= 0.6 is 0 Å². The van der Waals surface area contributed by atoms with Crippen molar-refractivity contribution in [1.29, 1.82) is 0 Å². The molecule has 0 radical (unpaired) electrons. The van der Waals surface area contributed by atoms with E-state index in [0.29, 0.717) is 18.1 Å². The van der Waals surface area contributed by atoms with Crippen LogP contribution in [0.25, 0.3) is 0 Å². The Hall–Kier alpha value is -1.39. The first-order valence-corrected chi connectivity index (χ1v) is 16.6. The van der Waals surface area contributed by atoms with Crippen molar-refractivity contribution in [3.8, 4) is 0 Å². The summed E-state index contributed by atoms with van der Waals surface area (Å²) in [5.74, 6) is 1.24. The predicted molar refractivity (Wildman–Crippen MR) is 143 cm³/mol. The maximum absolute atomic E-state index is 12.1. The number of hydrogen-bond acceptors (Lipinski definition) is 3. The van der Waals surface area contributed by atoms with Crippen LogP contribution in [0, 0.1) is 5.92 Å². The van der Waals surface area contributed by atoms with Crippen molar-refractivity contribution < 1.29 is 14.6 Å². The van der Waals surface area contributed by atoms with Crippen LogP contribution in [-0.2, 0) is 16.1 Å². The van der Waals surface area contributed by atoms with Gasteiger partial charge in [-0.3, -0.25) is 0 Å². The molecule has 0 bridgehead atoms. The molecule has 1 aliphatic rings. The lowest BCUT2D eigenvalue weighted by molar-refractivity contribution is -0.140. The quantitative estimate of drug-likeness (QED) is 0.134. The number of aliphatic hydroxyl groups is 1. The van der Waals surface area contributed by atoms with Gasteiger partial charge in [-0.15, -0.1) is 0 Å². The monoisotopic (exact) mass is 472 g/mol. The number of carbonyl (C=O) groups excluding carboxylic acids is 1. The van der Waals surface area contributed by atoms with Gasteiger partial charge in [0, 0.05) is 12.2 Å². The molecule has 0 unspecified atom stereocenters. The van der Waals surface area contributed by atoms with E-state index in [2.05, 4.69) is 44.8 Å². The molecule has 3 nitrogen and oxygen atoms in total. The summed E-state index contributed by atoms with van der Waals surface area (Å²) >= 11 is 0. The second-order valence-corrected chi connectivity index (χ2v) is 15.7. The van der Waals surface area contributed by atoms with Gasteiger partial charge in [-0.05, 0) is 62.0 Å². The van der Waals surface area contributed by atoms with Crippen LogP contribution in [-0.4, -0.2) is 25.8 Å². The number of benzene rings is 1. The van der Waals surface area contributed by atoms with E-state index in [4.69, 9.17) is 9.84 Å². The first-order valence-electron chi connectivity index (χ1n) is 13.3. The molecule has 1 aromatic rings. The smallest absolute Gasteiger partial charge is 0.333 e. The topological polar surface area (TPSA) is 46.5 Å². The number of ether oxygens (including phenoxy) is 1. The summed E-state index contributed by atoms with van der Waals surface area (Å²) in [5, 5.41) is 10.5. The van der Waals surface area contributed by atoms with E-state index in [-0.39, 0.29) is 12.6 Å². The highest BCUT2D eigenvalue weighted by molar-refractivity contribution is 6.90. The molecule has 33 heavy (non-hydrogen) atoms. The highest BCUT2D eigenvalue weighted by Gasteiger charge is 2.28. The molecule has 0 aromatic heterocycles. The van der Waals surface area contributed by atoms with Gasteiger partial charge in [0.25, 0.3) is 0 Å². The average Bonchev–Trinajstić information content (AvgIpc) is 2.80. The molecular weight excluding hydrogens is 424 g/mol. The van der Waals surface area contributed by atoms with E-state index < -0.39 is 8.07 Å². The molecule has 0 aliphatic heterocycles. The van der Waals surface area contributed by atoms with Crippen LogP contribution in [0.1, 0.15) is 102 Å². The molecule has 2 rings (SSSR count). The first kappa shape index (κ1) is 27.8. The van der Waals surface area contributed by atoms with Crippen molar-refractivity contribution in [2.24, 2.45) is 5.92 Å². The molecule has 0 spiro atoms. The van der Waals surface area contributed by atoms with Gasteiger partial charge >= 0.3 is 5.97 Å². The van der Waals surface area contributed by atoms with Crippen LogP contribution in [0.3, 0.4) is 0 Å². The van der Waals surface area contributed by atoms with Gasteiger partial charge in [0.1, 0.15) is 6.61 Å². The Kier molecular flexibility index (Phi) is 11.9. The normalized spacial score (nSPS) is 18.8. The van der Waals surface area contributed by atoms with Gasteiger partial charge in [-0.25, -0.2) is 4.79 Å². The lowest BCUT2D eigenvalue weighted by Crippen LogP contribution is -2.43. The standard InChI is InChI=1S/C29H48O3Si/c1-6-7-9-12-24-13-15-25(16-14-24)26-17-18-28(33(4,5)20-11-8-10-19-30)27(21-26)22-32-29(31)23(2)3/h17-18,21,24-25,30H,2,6-16,19-20,22H2,1,3-5H3. The Morgan fingerprint density at radius 1 is 1.09 bits per heavy atom. The van der Waals surface area contributed by atoms with Gasteiger partial charge in [0.15, 0.2) is 0 Å². The fourth-order valence-electron chi connectivity index (χ4n) is 5.37. The molecule has 186 valence electrons. The molecule has 1 N–H and O–H groups in total. The molecule has 4 heteroatoms. The maximum Gasteiger partial charge on any atom is 0.333 e. The molecule has 1 saturated carbocycles. The SMILES string of the molecule is C=C(C)C(=O)OCc1cc(C2CCC(CCCCC)CC2)ccc1[Si](C)(C)CCCCCO. The third-order valence-electron chi connectivity index (χ3n) is 7.56. The number of hydrogen-bond donors (Lipinski definition) is 1. The number of carbonyl (C=O) groups is 1. The Labute approximate surface area is 204 Å². The zero-order valence-electron chi connectivity index (χ0n) is 21.8. The predicted octanol–water partition coefficient (Wildman–Crippen LogP) is 7.24. The van der Waals surface area contributed by atoms with Crippen LogP contribution in [0.2, 0.25) is 19.1 Å². The Morgan fingerprint density at radius 2 is 1.82 bits per heavy atom. The highest BCUT2D eigenvalue weighted by Crippen LogP contribution is 2.38. The van der Waals surface area contributed by atoms with Crippen molar-refractivity contribution in [3.05, 3.63) is 41.5 Å². The molecule has 1 aliphatic carbocycles. The average molecular weight is 473 g/mol. The van der Waals surface area contributed by atoms with Gasteiger partial charge in [-0.2, -0.15) is 0 Å².